The van der Waals surface area contributed by atoms with Gasteiger partial charge in [-0.25, -0.2) is 0 Å². The Kier molecular flexibility index (Phi) is 3.09. The zero-order valence-corrected chi connectivity index (χ0v) is 9.06. The first-order chi connectivity index (χ1) is 6.79. The molecule has 1 nitrogen and oxygen atoms in total. The van der Waals surface area contributed by atoms with Crippen molar-refractivity contribution in [2.75, 3.05) is 6.54 Å². The van der Waals surface area contributed by atoms with Crippen LogP contribution in [0.25, 0.3) is 0 Å². The maximum atomic E-state index is 5.98. The van der Waals surface area contributed by atoms with Gasteiger partial charge in [-0.2, -0.15) is 0 Å². The number of benzene rings is 1. The molecule has 0 bridgehead atoms. The highest BCUT2D eigenvalue weighted by Crippen LogP contribution is 2.29. The lowest BCUT2D eigenvalue weighted by atomic mass is 9.82. The molecule has 0 amide bonds. The summed E-state index contributed by atoms with van der Waals surface area (Å²) in [6, 6.07) is 6.26. The molecule has 76 valence electrons. The largest absolute Gasteiger partial charge is 0.330 e. The second kappa shape index (κ2) is 4.33. The van der Waals surface area contributed by atoms with Crippen LogP contribution < -0.4 is 5.73 Å². The predicted octanol–water partition coefficient (Wildman–Crippen LogP) is 2.79. The van der Waals surface area contributed by atoms with Crippen molar-refractivity contribution >= 4 is 11.6 Å². The summed E-state index contributed by atoms with van der Waals surface area (Å²) in [5.41, 5.74) is 8.49. The van der Waals surface area contributed by atoms with Gasteiger partial charge >= 0.3 is 0 Å². The molecule has 1 aliphatic rings. The van der Waals surface area contributed by atoms with Crippen LogP contribution in [0.3, 0.4) is 0 Å². The van der Waals surface area contributed by atoms with Crippen molar-refractivity contribution in [1.29, 1.82) is 0 Å². The van der Waals surface area contributed by atoms with E-state index in [0.717, 1.165) is 30.3 Å². The molecule has 0 aliphatic heterocycles. The Balaban J connectivity index is 2.16. The third-order valence-electron chi connectivity index (χ3n) is 3.07. The lowest BCUT2D eigenvalue weighted by Crippen LogP contribution is -2.17. The third kappa shape index (κ3) is 2.10. The van der Waals surface area contributed by atoms with Crippen LogP contribution in [-0.2, 0) is 12.8 Å². The molecule has 1 aromatic carbocycles. The van der Waals surface area contributed by atoms with Gasteiger partial charge in [0.05, 0.1) is 0 Å². The average Bonchev–Trinajstić information content (AvgIpc) is 2.17. The number of hydrogen-bond acceptors (Lipinski definition) is 1. The maximum Gasteiger partial charge on any atom is 0.0408 e. The Morgan fingerprint density at radius 3 is 3.00 bits per heavy atom. The number of hydrogen-bond donors (Lipinski definition) is 1. The highest BCUT2D eigenvalue weighted by molar-refractivity contribution is 6.30. The van der Waals surface area contributed by atoms with Crippen LogP contribution in [0.5, 0.6) is 0 Å². The summed E-state index contributed by atoms with van der Waals surface area (Å²) < 4.78 is 0. The lowest BCUT2D eigenvalue weighted by Gasteiger charge is -2.24. The van der Waals surface area contributed by atoms with E-state index in [1.807, 2.05) is 6.07 Å². The zero-order chi connectivity index (χ0) is 9.97. The highest BCUT2D eigenvalue weighted by Gasteiger charge is 2.17. The lowest BCUT2D eigenvalue weighted by molar-refractivity contribution is 0.433. The Hall–Kier alpha value is -0.530. The second-order valence-corrected chi connectivity index (χ2v) is 4.54. The van der Waals surface area contributed by atoms with Gasteiger partial charge in [-0.1, -0.05) is 17.7 Å². The third-order valence-corrected chi connectivity index (χ3v) is 3.31. The summed E-state index contributed by atoms with van der Waals surface area (Å²) in [5, 5.41) is 0.858. The normalized spacial score (nSPS) is 20.6. The topological polar surface area (TPSA) is 26.0 Å². The molecule has 1 aromatic rings. The van der Waals surface area contributed by atoms with Crippen molar-refractivity contribution < 1.29 is 0 Å². The minimum Gasteiger partial charge on any atom is -0.330 e. The average molecular weight is 210 g/mol. The van der Waals surface area contributed by atoms with Crippen LogP contribution >= 0.6 is 11.6 Å². The first kappa shape index (κ1) is 10.0. The Morgan fingerprint density at radius 1 is 1.36 bits per heavy atom. The summed E-state index contributed by atoms with van der Waals surface area (Å²) in [4.78, 5) is 0. The first-order valence-corrected chi connectivity index (χ1v) is 5.65. The molecular weight excluding hydrogens is 194 g/mol. The maximum absolute atomic E-state index is 5.98. The van der Waals surface area contributed by atoms with E-state index >= 15 is 0 Å². The molecule has 0 spiro atoms. The van der Waals surface area contributed by atoms with Gasteiger partial charge in [0.2, 0.25) is 0 Å². The fourth-order valence-corrected chi connectivity index (χ4v) is 2.48. The van der Waals surface area contributed by atoms with Crippen LogP contribution in [0.4, 0.5) is 0 Å². The Labute approximate surface area is 90.3 Å². The second-order valence-electron chi connectivity index (χ2n) is 4.10. The van der Waals surface area contributed by atoms with Crippen molar-refractivity contribution in [3.63, 3.8) is 0 Å². The minimum absolute atomic E-state index is 0.769. The first-order valence-electron chi connectivity index (χ1n) is 5.27. The minimum atomic E-state index is 0.769. The fraction of sp³-hybridized carbons (Fsp3) is 0.500. The summed E-state index contributed by atoms with van der Waals surface area (Å²) in [6.45, 7) is 0.806. The Morgan fingerprint density at radius 2 is 2.21 bits per heavy atom. The summed E-state index contributed by atoms with van der Waals surface area (Å²) >= 11 is 5.98. The van der Waals surface area contributed by atoms with Crippen LogP contribution in [0, 0.1) is 5.92 Å². The molecule has 1 aliphatic carbocycles. The van der Waals surface area contributed by atoms with Crippen LogP contribution in [0.2, 0.25) is 5.02 Å². The van der Waals surface area contributed by atoms with Gasteiger partial charge in [-0.15, -0.1) is 0 Å². The molecule has 0 fully saturated rings. The molecular formula is C12H16ClN. The molecule has 0 heterocycles. The molecule has 0 saturated heterocycles. The highest BCUT2D eigenvalue weighted by atomic mass is 35.5. The van der Waals surface area contributed by atoms with Crippen molar-refractivity contribution in [1.82, 2.24) is 0 Å². The van der Waals surface area contributed by atoms with Crippen molar-refractivity contribution in [3.8, 4) is 0 Å². The van der Waals surface area contributed by atoms with E-state index in [4.69, 9.17) is 17.3 Å². The van der Waals surface area contributed by atoms with E-state index in [1.54, 1.807) is 0 Å². The molecule has 0 radical (unpaired) electrons. The summed E-state index contributed by atoms with van der Waals surface area (Å²) in [7, 11) is 0. The van der Waals surface area contributed by atoms with E-state index in [0.29, 0.717) is 0 Å². The van der Waals surface area contributed by atoms with Crippen molar-refractivity contribution in [2.24, 2.45) is 11.7 Å². The number of halogens is 1. The predicted molar refractivity (Wildman–Crippen MR) is 60.6 cm³/mol. The van der Waals surface area contributed by atoms with E-state index in [2.05, 4.69) is 12.1 Å². The van der Waals surface area contributed by atoms with Crippen molar-refractivity contribution in [3.05, 3.63) is 34.3 Å². The summed E-state index contributed by atoms with van der Waals surface area (Å²) in [6.07, 6.45) is 4.78. The number of nitrogens with two attached hydrogens (primary N) is 1. The quantitative estimate of drug-likeness (QED) is 0.797. The van der Waals surface area contributed by atoms with E-state index < -0.39 is 0 Å². The fourth-order valence-electron chi connectivity index (χ4n) is 2.28. The molecule has 2 rings (SSSR count). The van der Waals surface area contributed by atoms with Crippen LogP contribution in [-0.4, -0.2) is 6.54 Å². The van der Waals surface area contributed by atoms with Gasteiger partial charge in [0, 0.05) is 5.02 Å². The van der Waals surface area contributed by atoms with Gasteiger partial charge in [-0.3, -0.25) is 0 Å². The molecule has 1 unspecified atom stereocenters. The van der Waals surface area contributed by atoms with Gasteiger partial charge in [0.15, 0.2) is 0 Å². The standard InChI is InChI=1S/C12H16ClN/c13-12-4-3-10-2-1-9(5-6-14)7-11(10)8-12/h3-4,8-9H,1-2,5-7,14H2. The SMILES string of the molecule is NCCC1CCc2ccc(Cl)cc2C1. The van der Waals surface area contributed by atoms with Crippen LogP contribution in [0.15, 0.2) is 18.2 Å². The van der Waals surface area contributed by atoms with E-state index in [-0.39, 0.29) is 0 Å². The molecule has 2 N–H and O–H groups in total. The van der Waals surface area contributed by atoms with Crippen LogP contribution in [0.1, 0.15) is 24.0 Å². The number of rotatable bonds is 2. The molecule has 14 heavy (non-hydrogen) atoms. The molecule has 0 saturated carbocycles. The van der Waals surface area contributed by atoms with E-state index in [1.165, 1.54) is 24.0 Å². The number of fused-ring (bicyclic) bond motifs is 1. The molecule has 2 heteroatoms. The number of aryl methyl sites for hydroxylation is 1. The molecule has 1 atom stereocenters. The van der Waals surface area contributed by atoms with E-state index in [9.17, 15) is 0 Å². The monoisotopic (exact) mass is 209 g/mol. The Bertz CT molecular complexity index is 322. The van der Waals surface area contributed by atoms with Gasteiger partial charge < -0.3 is 5.73 Å². The van der Waals surface area contributed by atoms with Gasteiger partial charge in [0.25, 0.3) is 0 Å². The molecule has 0 aromatic heterocycles. The van der Waals surface area contributed by atoms with Crippen molar-refractivity contribution in [2.45, 2.75) is 25.7 Å². The zero-order valence-electron chi connectivity index (χ0n) is 8.30. The van der Waals surface area contributed by atoms with Gasteiger partial charge in [0.1, 0.15) is 0 Å². The summed E-state index contributed by atoms with van der Waals surface area (Å²) in [5.74, 6) is 0.769. The smallest absolute Gasteiger partial charge is 0.0408 e. The van der Waals surface area contributed by atoms with Gasteiger partial charge in [-0.05, 0) is 61.4 Å².